The molecule has 0 aliphatic carbocycles. The Kier molecular flexibility index (Phi) is 8.40. The molecule has 0 radical (unpaired) electrons. The van der Waals surface area contributed by atoms with E-state index in [1.54, 1.807) is 13.8 Å². The van der Waals surface area contributed by atoms with Crippen LogP contribution >= 0.6 is 12.6 Å². The second-order valence-corrected chi connectivity index (χ2v) is 6.19. The molecule has 1 heterocycles. The SMILES string of the molecule is CCOC(=O)C(C)CC(S)C(=O)OCC1O[C@H](O)C(O)[C@@H](O)[C@@H]1O. The van der Waals surface area contributed by atoms with Crippen LogP contribution in [0.5, 0.6) is 0 Å². The first-order chi connectivity index (χ1) is 11.2. The molecule has 1 rings (SSSR count). The summed E-state index contributed by atoms with van der Waals surface area (Å²) >= 11 is 4.07. The highest BCUT2D eigenvalue weighted by Crippen LogP contribution is 2.21. The van der Waals surface area contributed by atoms with Crippen LogP contribution in [-0.4, -0.2) is 81.5 Å². The summed E-state index contributed by atoms with van der Waals surface area (Å²) in [6, 6.07) is 0. The topological polar surface area (TPSA) is 143 Å². The van der Waals surface area contributed by atoms with Gasteiger partial charge in [0.2, 0.25) is 0 Å². The van der Waals surface area contributed by atoms with Crippen LogP contribution in [0.25, 0.3) is 0 Å². The third kappa shape index (κ3) is 5.57. The summed E-state index contributed by atoms with van der Waals surface area (Å²) in [4.78, 5) is 23.4. The average molecular weight is 368 g/mol. The maximum atomic E-state index is 11.9. The Morgan fingerprint density at radius 3 is 2.29 bits per heavy atom. The molecule has 10 heteroatoms. The molecular formula is C14H24O9S. The summed E-state index contributed by atoms with van der Waals surface area (Å²) in [7, 11) is 0. The summed E-state index contributed by atoms with van der Waals surface area (Å²) < 4.78 is 14.6. The highest BCUT2D eigenvalue weighted by atomic mass is 32.1. The molecule has 9 nitrogen and oxygen atoms in total. The standard InChI is InChI=1S/C14H24O9S/c1-3-21-12(18)6(2)4-8(24)13(19)22-5-7-9(15)10(16)11(17)14(20)23-7/h6-11,14-17,20,24H,3-5H2,1-2H3/t6?,7?,8?,9-,10+,11?,14+/m1/s1. The molecule has 1 aliphatic rings. The highest BCUT2D eigenvalue weighted by Gasteiger charge is 2.43. The molecule has 0 aromatic heterocycles. The summed E-state index contributed by atoms with van der Waals surface area (Å²) in [5.41, 5.74) is 0. The van der Waals surface area contributed by atoms with Gasteiger partial charge in [0.25, 0.3) is 0 Å². The van der Waals surface area contributed by atoms with Gasteiger partial charge in [-0.1, -0.05) is 6.92 Å². The summed E-state index contributed by atoms with van der Waals surface area (Å²) in [5, 5.41) is 37.1. The Morgan fingerprint density at radius 1 is 1.08 bits per heavy atom. The molecule has 0 bridgehead atoms. The largest absolute Gasteiger partial charge is 0.466 e. The fourth-order valence-electron chi connectivity index (χ4n) is 2.14. The zero-order valence-electron chi connectivity index (χ0n) is 13.4. The van der Waals surface area contributed by atoms with Gasteiger partial charge in [0.05, 0.1) is 12.5 Å². The third-order valence-electron chi connectivity index (χ3n) is 3.61. The van der Waals surface area contributed by atoms with Crippen LogP contribution in [0.2, 0.25) is 0 Å². The van der Waals surface area contributed by atoms with Gasteiger partial charge >= 0.3 is 11.9 Å². The van der Waals surface area contributed by atoms with Crippen molar-refractivity contribution in [3.8, 4) is 0 Å². The minimum Gasteiger partial charge on any atom is -0.466 e. The van der Waals surface area contributed by atoms with Crippen molar-refractivity contribution in [3.05, 3.63) is 0 Å². The van der Waals surface area contributed by atoms with E-state index in [9.17, 15) is 30.0 Å². The molecule has 1 saturated heterocycles. The molecule has 1 fully saturated rings. The first-order valence-corrected chi connectivity index (χ1v) is 8.09. The zero-order valence-corrected chi connectivity index (χ0v) is 14.3. The van der Waals surface area contributed by atoms with E-state index < -0.39 is 60.4 Å². The second kappa shape index (κ2) is 9.54. The smallest absolute Gasteiger partial charge is 0.318 e. The fraction of sp³-hybridized carbons (Fsp3) is 0.857. The maximum absolute atomic E-state index is 11.9. The lowest BCUT2D eigenvalue weighted by atomic mass is 9.99. The minimum atomic E-state index is -1.71. The summed E-state index contributed by atoms with van der Waals surface area (Å²) in [5.74, 6) is -1.74. The van der Waals surface area contributed by atoms with Gasteiger partial charge in [0.15, 0.2) is 6.29 Å². The highest BCUT2D eigenvalue weighted by molar-refractivity contribution is 7.81. The molecule has 4 N–H and O–H groups in total. The number of esters is 2. The van der Waals surface area contributed by atoms with E-state index in [1.807, 2.05) is 0 Å². The van der Waals surface area contributed by atoms with Gasteiger partial charge in [-0.3, -0.25) is 9.59 Å². The molecule has 1 aliphatic heterocycles. The van der Waals surface area contributed by atoms with Crippen molar-refractivity contribution in [2.24, 2.45) is 5.92 Å². The summed E-state index contributed by atoms with van der Waals surface area (Å²) in [6.07, 6.45) is -7.64. The van der Waals surface area contributed by atoms with E-state index in [0.717, 1.165) is 0 Å². The van der Waals surface area contributed by atoms with Crippen LogP contribution in [0.15, 0.2) is 0 Å². The van der Waals surface area contributed by atoms with E-state index in [-0.39, 0.29) is 13.0 Å². The average Bonchev–Trinajstić information content (AvgIpc) is 2.54. The number of ether oxygens (including phenoxy) is 3. The number of hydrogen-bond acceptors (Lipinski definition) is 10. The summed E-state index contributed by atoms with van der Waals surface area (Å²) in [6.45, 7) is 3.05. The zero-order chi connectivity index (χ0) is 18.4. The fourth-order valence-corrected chi connectivity index (χ4v) is 2.53. The van der Waals surface area contributed by atoms with Gasteiger partial charge in [-0.2, -0.15) is 12.6 Å². The van der Waals surface area contributed by atoms with Crippen molar-refractivity contribution in [2.45, 2.75) is 56.2 Å². The molecule has 24 heavy (non-hydrogen) atoms. The predicted octanol–water partition coefficient (Wildman–Crippen LogP) is -1.78. The van der Waals surface area contributed by atoms with Crippen LogP contribution in [0.3, 0.4) is 0 Å². The third-order valence-corrected chi connectivity index (χ3v) is 4.04. The quantitative estimate of drug-likeness (QED) is 0.260. The lowest BCUT2D eigenvalue weighted by Gasteiger charge is -2.38. The van der Waals surface area contributed by atoms with E-state index in [2.05, 4.69) is 12.6 Å². The van der Waals surface area contributed by atoms with Crippen molar-refractivity contribution in [3.63, 3.8) is 0 Å². The Labute approximate surface area is 144 Å². The number of aliphatic hydroxyl groups is 4. The van der Waals surface area contributed by atoms with Crippen LogP contribution < -0.4 is 0 Å². The lowest BCUT2D eigenvalue weighted by Crippen LogP contribution is -2.58. The number of aliphatic hydroxyl groups excluding tert-OH is 4. The van der Waals surface area contributed by atoms with E-state index >= 15 is 0 Å². The monoisotopic (exact) mass is 368 g/mol. The van der Waals surface area contributed by atoms with Crippen molar-refractivity contribution in [2.75, 3.05) is 13.2 Å². The Morgan fingerprint density at radius 2 is 1.71 bits per heavy atom. The van der Waals surface area contributed by atoms with Crippen molar-refractivity contribution < 1.29 is 44.2 Å². The molecule has 140 valence electrons. The van der Waals surface area contributed by atoms with Crippen molar-refractivity contribution >= 4 is 24.6 Å². The number of carbonyl (C=O) groups is 2. The molecule has 0 aromatic carbocycles. The molecule has 7 atom stereocenters. The van der Waals surface area contributed by atoms with Crippen LogP contribution in [0.1, 0.15) is 20.3 Å². The van der Waals surface area contributed by atoms with Gasteiger partial charge in [-0.05, 0) is 13.3 Å². The molecule has 0 aromatic rings. The molecular weight excluding hydrogens is 344 g/mol. The minimum absolute atomic E-state index is 0.0961. The predicted molar refractivity (Wildman–Crippen MR) is 83.0 cm³/mol. The second-order valence-electron chi connectivity index (χ2n) is 5.57. The first-order valence-electron chi connectivity index (χ1n) is 7.58. The van der Waals surface area contributed by atoms with E-state index in [1.165, 1.54) is 0 Å². The Bertz CT molecular complexity index is 432. The maximum Gasteiger partial charge on any atom is 0.318 e. The van der Waals surface area contributed by atoms with Gasteiger partial charge in [-0.15, -0.1) is 0 Å². The molecule has 0 saturated carbocycles. The normalized spacial score (nSPS) is 32.7. The molecule has 4 unspecified atom stereocenters. The molecule has 0 amide bonds. The number of hydrogen-bond donors (Lipinski definition) is 5. The number of rotatable bonds is 7. The lowest BCUT2D eigenvalue weighted by molar-refractivity contribution is -0.287. The van der Waals surface area contributed by atoms with E-state index in [0.29, 0.717) is 0 Å². The molecule has 0 spiro atoms. The number of carbonyl (C=O) groups excluding carboxylic acids is 2. The van der Waals surface area contributed by atoms with E-state index in [4.69, 9.17) is 14.2 Å². The first kappa shape index (κ1) is 21.1. The van der Waals surface area contributed by atoms with Crippen LogP contribution in [0, 0.1) is 5.92 Å². The van der Waals surface area contributed by atoms with Gasteiger partial charge < -0.3 is 34.6 Å². The van der Waals surface area contributed by atoms with Gasteiger partial charge in [0.1, 0.15) is 36.3 Å². The van der Waals surface area contributed by atoms with Crippen LogP contribution in [0.4, 0.5) is 0 Å². The van der Waals surface area contributed by atoms with Crippen LogP contribution in [-0.2, 0) is 23.8 Å². The Balaban J connectivity index is 2.46. The van der Waals surface area contributed by atoms with Gasteiger partial charge in [-0.25, -0.2) is 0 Å². The van der Waals surface area contributed by atoms with Gasteiger partial charge in [0, 0.05) is 0 Å². The number of thiol groups is 1. The van der Waals surface area contributed by atoms with Crippen molar-refractivity contribution in [1.82, 2.24) is 0 Å². The van der Waals surface area contributed by atoms with Crippen molar-refractivity contribution in [1.29, 1.82) is 0 Å². The Hall–Kier alpha value is -0.910.